The fourth-order valence-electron chi connectivity index (χ4n) is 1.50. The molecule has 0 N–H and O–H groups in total. The summed E-state index contributed by atoms with van der Waals surface area (Å²) in [6.07, 6.45) is 2.11. The molecule has 8 heteroatoms. The van der Waals surface area contributed by atoms with Crippen LogP contribution in [-0.2, 0) is 10.0 Å². The van der Waals surface area contributed by atoms with Crippen molar-refractivity contribution in [1.29, 1.82) is 0 Å². The fraction of sp³-hybridized carbons (Fsp3) is 0.700. The Labute approximate surface area is 117 Å². The molecule has 0 aliphatic rings. The van der Waals surface area contributed by atoms with Gasteiger partial charge >= 0.3 is 0 Å². The maximum absolute atomic E-state index is 12.3. The van der Waals surface area contributed by atoms with E-state index < -0.39 is 10.0 Å². The summed E-state index contributed by atoms with van der Waals surface area (Å²) in [6.45, 7) is 3.64. The topological polar surface area (TPSA) is 53.5 Å². The van der Waals surface area contributed by atoms with Gasteiger partial charge in [0.05, 0.1) is 6.20 Å². The summed E-state index contributed by atoms with van der Waals surface area (Å²) in [5.41, 5.74) is 0. The number of hydrogen-bond acceptors (Lipinski definition) is 5. The zero-order valence-corrected chi connectivity index (χ0v) is 13.1. The van der Waals surface area contributed by atoms with E-state index in [0.29, 0.717) is 13.1 Å². The first kappa shape index (κ1) is 15.8. The largest absolute Gasteiger partial charge is 0.309 e. The van der Waals surface area contributed by atoms with Gasteiger partial charge in [-0.05, 0) is 27.1 Å². The number of sulfonamides is 1. The van der Waals surface area contributed by atoms with Crippen LogP contribution in [0.4, 0.5) is 0 Å². The molecule has 5 nitrogen and oxygen atoms in total. The third kappa shape index (κ3) is 4.17. The van der Waals surface area contributed by atoms with Crippen LogP contribution in [0, 0.1) is 0 Å². The molecule has 1 aromatic heterocycles. The van der Waals surface area contributed by atoms with E-state index >= 15 is 0 Å². The minimum atomic E-state index is -3.44. The Morgan fingerprint density at radius 1 is 1.39 bits per heavy atom. The molecule has 1 rings (SSSR count). The van der Waals surface area contributed by atoms with Crippen LogP contribution in [-0.4, -0.2) is 56.3 Å². The number of nitrogens with zero attached hydrogens (tertiary/aromatic N) is 3. The van der Waals surface area contributed by atoms with Gasteiger partial charge in [0.2, 0.25) is 0 Å². The highest BCUT2D eigenvalue weighted by Crippen LogP contribution is 2.25. The lowest BCUT2D eigenvalue weighted by atomic mass is 10.4. The molecule has 0 amide bonds. The van der Waals surface area contributed by atoms with Gasteiger partial charge in [0.25, 0.3) is 10.0 Å². The quantitative estimate of drug-likeness (QED) is 0.770. The molecule has 1 heterocycles. The Balaban J connectivity index is 2.74. The van der Waals surface area contributed by atoms with Gasteiger partial charge in [-0.15, -0.1) is 0 Å². The van der Waals surface area contributed by atoms with Gasteiger partial charge in [0.15, 0.2) is 8.68 Å². The van der Waals surface area contributed by atoms with Gasteiger partial charge in [0.1, 0.15) is 0 Å². The molecule has 0 aliphatic heterocycles. The van der Waals surface area contributed by atoms with Gasteiger partial charge in [-0.1, -0.05) is 29.9 Å². The van der Waals surface area contributed by atoms with Crippen molar-refractivity contribution < 1.29 is 8.42 Å². The van der Waals surface area contributed by atoms with Gasteiger partial charge in [0, 0.05) is 13.1 Å². The SMILES string of the molecule is CCN(CCCN(C)C)S(=O)(=O)c1cnc(Cl)s1. The predicted octanol–water partition coefficient (Wildman–Crippen LogP) is 1.76. The second kappa shape index (κ2) is 6.81. The number of rotatable bonds is 7. The molecule has 0 unspecified atom stereocenters. The van der Waals surface area contributed by atoms with Crippen LogP contribution in [0.3, 0.4) is 0 Å². The lowest BCUT2D eigenvalue weighted by Gasteiger charge is -2.20. The molecule has 0 saturated carbocycles. The number of thiazole rings is 1. The van der Waals surface area contributed by atoms with Crippen LogP contribution in [0.5, 0.6) is 0 Å². The van der Waals surface area contributed by atoms with Crippen molar-refractivity contribution in [3.05, 3.63) is 10.7 Å². The zero-order chi connectivity index (χ0) is 13.8. The van der Waals surface area contributed by atoms with Crippen LogP contribution >= 0.6 is 22.9 Å². The molecule has 0 saturated heterocycles. The monoisotopic (exact) mass is 311 g/mol. The van der Waals surface area contributed by atoms with Crippen molar-refractivity contribution in [3.8, 4) is 0 Å². The second-order valence-corrected chi connectivity index (χ2v) is 7.86. The van der Waals surface area contributed by atoms with Gasteiger partial charge in [-0.3, -0.25) is 0 Å². The maximum Gasteiger partial charge on any atom is 0.254 e. The van der Waals surface area contributed by atoms with Crippen LogP contribution in [0.25, 0.3) is 0 Å². The first-order valence-corrected chi connectivity index (χ1v) is 8.27. The van der Waals surface area contributed by atoms with Crippen molar-refractivity contribution >= 4 is 33.0 Å². The molecule has 1 aromatic rings. The molecule has 0 atom stereocenters. The van der Waals surface area contributed by atoms with Gasteiger partial charge in [-0.2, -0.15) is 4.31 Å². The van der Waals surface area contributed by atoms with Crippen molar-refractivity contribution in [2.75, 3.05) is 33.7 Å². The summed E-state index contributed by atoms with van der Waals surface area (Å²) in [4.78, 5) is 5.81. The molecule has 104 valence electrons. The Morgan fingerprint density at radius 3 is 2.50 bits per heavy atom. The van der Waals surface area contributed by atoms with E-state index in [1.54, 1.807) is 0 Å². The van der Waals surface area contributed by atoms with E-state index in [9.17, 15) is 8.42 Å². The molecule has 0 spiro atoms. The summed E-state index contributed by atoms with van der Waals surface area (Å²) < 4.78 is 26.5. The van der Waals surface area contributed by atoms with E-state index in [4.69, 9.17) is 11.6 Å². The molecule has 0 bridgehead atoms. The summed E-state index contributed by atoms with van der Waals surface area (Å²) in [5.74, 6) is 0. The normalized spacial score (nSPS) is 12.6. The maximum atomic E-state index is 12.3. The molecular formula is C10H18ClN3O2S2. The third-order valence-corrected chi connectivity index (χ3v) is 5.94. The molecule has 18 heavy (non-hydrogen) atoms. The Morgan fingerprint density at radius 2 is 2.06 bits per heavy atom. The molecule has 0 aromatic carbocycles. The Hall–Kier alpha value is -0.210. The van der Waals surface area contributed by atoms with E-state index in [-0.39, 0.29) is 8.68 Å². The van der Waals surface area contributed by atoms with E-state index in [1.807, 2.05) is 25.9 Å². The number of halogens is 1. The van der Waals surface area contributed by atoms with Crippen molar-refractivity contribution in [3.63, 3.8) is 0 Å². The minimum Gasteiger partial charge on any atom is -0.309 e. The first-order valence-electron chi connectivity index (χ1n) is 5.64. The second-order valence-electron chi connectivity index (χ2n) is 4.09. The summed E-state index contributed by atoms with van der Waals surface area (Å²) >= 11 is 6.67. The first-order chi connectivity index (χ1) is 8.37. The average Bonchev–Trinajstić information content (AvgIpc) is 2.71. The Bertz CT molecular complexity index is 473. The number of hydrogen-bond donors (Lipinski definition) is 0. The average molecular weight is 312 g/mol. The summed E-state index contributed by atoms with van der Waals surface area (Å²) in [7, 11) is 0.490. The lowest BCUT2D eigenvalue weighted by Crippen LogP contribution is -2.32. The van der Waals surface area contributed by atoms with Gasteiger partial charge < -0.3 is 4.90 Å². The highest BCUT2D eigenvalue weighted by molar-refractivity contribution is 7.91. The molecule has 0 radical (unpaired) electrons. The highest BCUT2D eigenvalue weighted by atomic mass is 35.5. The summed E-state index contributed by atoms with van der Waals surface area (Å²) in [5, 5.41) is 0. The van der Waals surface area contributed by atoms with Crippen molar-refractivity contribution in [2.45, 2.75) is 17.6 Å². The lowest BCUT2D eigenvalue weighted by molar-refractivity contribution is 0.356. The van der Waals surface area contributed by atoms with Crippen molar-refractivity contribution in [1.82, 2.24) is 14.2 Å². The summed E-state index contributed by atoms with van der Waals surface area (Å²) in [6, 6.07) is 0. The van der Waals surface area contributed by atoms with E-state index in [1.165, 1.54) is 10.5 Å². The standard InChI is InChI=1S/C10H18ClN3O2S2/c1-4-14(7-5-6-13(2)3)18(15,16)9-8-12-10(11)17-9/h8H,4-7H2,1-3H3. The minimum absolute atomic E-state index is 0.208. The zero-order valence-electron chi connectivity index (χ0n) is 10.8. The van der Waals surface area contributed by atoms with Gasteiger partial charge in [-0.25, -0.2) is 13.4 Å². The molecular weight excluding hydrogens is 294 g/mol. The fourth-order valence-corrected chi connectivity index (χ4v) is 4.43. The van der Waals surface area contributed by atoms with Crippen LogP contribution in [0.2, 0.25) is 4.47 Å². The van der Waals surface area contributed by atoms with Crippen LogP contribution < -0.4 is 0 Å². The molecule has 0 fully saturated rings. The third-order valence-electron chi connectivity index (χ3n) is 2.42. The smallest absolute Gasteiger partial charge is 0.254 e. The van der Waals surface area contributed by atoms with Crippen molar-refractivity contribution in [2.24, 2.45) is 0 Å². The van der Waals surface area contributed by atoms with E-state index in [0.717, 1.165) is 24.3 Å². The van der Waals surface area contributed by atoms with Crippen LogP contribution in [0.1, 0.15) is 13.3 Å². The molecule has 0 aliphatic carbocycles. The highest BCUT2D eigenvalue weighted by Gasteiger charge is 2.25. The predicted molar refractivity (Wildman–Crippen MR) is 74.7 cm³/mol. The van der Waals surface area contributed by atoms with E-state index in [2.05, 4.69) is 4.98 Å². The number of aromatic nitrogens is 1. The Kier molecular flexibility index (Phi) is 6.00. The van der Waals surface area contributed by atoms with Crippen LogP contribution in [0.15, 0.2) is 10.4 Å².